The summed E-state index contributed by atoms with van der Waals surface area (Å²) in [6, 6.07) is 10.0. The lowest BCUT2D eigenvalue weighted by atomic mass is 10.2. The lowest BCUT2D eigenvalue weighted by Gasteiger charge is -2.08. The fourth-order valence-electron chi connectivity index (χ4n) is 2.09. The van der Waals surface area contributed by atoms with Gasteiger partial charge in [0, 0.05) is 11.6 Å². The van der Waals surface area contributed by atoms with Crippen LogP contribution in [0, 0.1) is 10.6 Å². The minimum absolute atomic E-state index is 0.221. The van der Waals surface area contributed by atoms with Crippen molar-refractivity contribution in [2.45, 2.75) is 11.8 Å². The average Bonchev–Trinajstić information content (AvgIpc) is 2.82. The van der Waals surface area contributed by atoms with Gasteiger partial charge in [0.15, 0.2) is 5.65 Å². The summed E-state index contributed by atoms with van der Waals surface area (Å²) in [6.07, 6.45) is 1.58. The van der Waals surface area contributed by atoms with Crippen LogP contribution in [0.2, 0.25) is 5.02 Å². The molecule has 0 unspecified atom stereocenters. The third-order valence-electron chi connectivity index (χ3n) is 3.14. The van der Waals surface area contributed by atoms with Gasteiger partial charge in [0.25, 0.3) is 10.0 Å². The second-order valence-corrected chi connectivity index (χ2v) is 7.81. The zero-order valence-corrected chi connectivity index (χ0v) is 14.6. The molecular formula is C14H10ClIN2O2S. The molecule has 2 heterocycles. The summed E-state index contributed by atoms with van der Waals surface area (Å²) < 4.78 is 27.4. The van der Waals surface area contributed by atoms with Crippen molar-refractivity contribution in [3.63, 3.8) is 0 Å². The molecule has 0 atom stereocenters. The fraction of sp³-hybridized carbons (Fsp3) is 0.0714. The van der Waals surface area contributed by atoms with Crippen molar-refractivity contribution in [2.24, 2.45) is 0 Å². The van der Waals surface area contributed by atoms with Crippen LogP contribution in [0.25, 0.3) is 11.0 Å². The quantitative estimate of drug-likeness (QED) is 0.578. The molecule has 108 valence electrons. The molecule has 3 rings (SSSR count). The molecule has 21 heavy (non-hydrogen) atoms. The van der Waals surface area contributed by atoms with Gasteiger partial charge in [-0.15, -0.1) is 0 Å². The third kappa shape index (κ3) is 2.35. The monoisotopic (exact) mass is 432 g/mol. The molecule has 0 amide bonds. The van der Waals surface area contributed by atoms with Gasteiger partial charge in [0.2, 0.25) is 0 Å². The number of benzene rings is 1. The van der Waals surface area contributed by atoms with Gasteiger partial charge in [0.05, 0.1) is 13.6 Å². The van der Waals surface area contributed by atoms with E-state index in [4.69, 9.17) is 11.6 Å². The van der Waals surface area contributed by atoms with E-state index in [2.05, 4.69) is 4.98 Å². The Kier molecular flexibility index (Phi) is 3.71. The van der Waals surface area contributed by atoms with Crippen LogP contribution in [-0.4, -0.2) is 17.4 Å². The van der Waals surface area contributed by atoms with Crippen molar-refractivity contribution >= 4 is 55.2 Å². The molecule has 0 fully saturated rings. The number of aromatic nitrogens is 2. The maximum Gasteiger partial charge on any atom is 0.270 e. The summed E-state index contributed by atoms with van der Waals surface area (Å²) in [5.74, 6) is 0. The standard InChI is InChI=1S/C14H10ClIN2O2S/c1-9-8-17-14-11(13(9)15)7-12(16)18(14)21(19,20)10-5-3-2-4-6-10/h2-8H,1H3. The molecule has 0 aliphatic rings. The highest BCUT2D eigenvalue weighted by Gasteiger charge is 2.24. The smallest absolute Gasteiger partial charge is 0.237 e. The number of hydrogen-bond donors (Lipinski definition) is 0. The van der Waals surface area contributed by atoms with Crippen LogP contribution in [-0.2, 0) is 10.0 Å². The van der Waals surface area contributed by atoms with E-state index < -0.39 is 10.0 Å². The average molecular weight is 433 g/mol. The van der Waals surface area contributed by atoms with Crippen molar-refractivity contribution in [3.05, 3.63) is 56.9 Å². The first kappa shape index (κ1) is 14.8. The van der Waals surface area contributed by atoms with Crippen LogP contribution in [0.4, 0.5) is 0 Å². The predicted octanol–water partition coefficient (Wildman–Crippen LogP) is 3.84. The van der Waals surface area contributed by atoms with Gasteiger partial charge in [-0.3, -0.25) is 0 Å². The summed E-state index contributed by atoms with van der Waals surface area (Å²) in [4.78, 5) is 4.47. The molecule has 2 aromatic heterocycles. The molecule has 7 heteroatoms. The zero-order chi connectivity index (χ0) is 15.2. The van der Waals surface area contributed by atoms with E-state index in [1.165, 1.54) is 3.97 Å². The van der Waals surface area contributed by atoms with Crippen LogP contribution >= 0.6 is 34.2 Å². The van der Waals surface area contributed by atoms with Crippen LogP contribution in [0.5, 0.6) is 0 Å². The first-order valence-corrected chi connectivity index (χ1v) is 8.95. The molecule has 1 aromatic carbocycles. The maximum atomic E-state index is 12.8. The molecule has 0 radical (unpaired) electrons. The van der Waals surface area contributed by atoms with Gasteiger partial charge in [-0.25, -0.2) is 17.4 Å². The van der Waals surface area contributed by atoms with Gasteiger partial charge in [-0.2, -0.15) is 0 Å². The molecular weight excluding hydrogens is 423 g/mol. The Hall–Kier alpha value is -1.12. The molecule has 0 spiro atoms. The van der Waals surface area contributed by atoms with Crippen LogP contribution in [0.15, 0.2) is 47.5 Å². The van der Waals surface area contributed by atoms with Crippen LogP contribution in [0.1, 0.15) is 5.56 Å². The number of rotatable bonds is 2. The van der Waals surface area contributed by atoms with Crippen LogP contribution in [0.3, 0.4) is 0 Å². The third-order valence-corrected chi connectivity index (χ3v) is 6.48. The van der Waals surface area contributed by atoms with E-state index in [9.17, 15) is 8.42 Å². The van der Waals surface area contributed by atoms with E-state index in [1.54, 1.807) is 42.6 Å². The van der Waals surface area contributed by atoms with Crippen molar-refractivity contribution in [1.29, 1.82) is 0 Å². The predicted molar refractivity (Wildman–Crippen MR) is 91.2 cm³/mol. The maximum absolute atomic E-state index is 12.8. The van der Waals surface area contributed by atoms with E-state index in [0.717, 1.165) is 5.56 Å². The SMILES string of the molecule is Cc1cnc2c(cc(I)n2S(=O)(=O)c2ccccc2)c1Cl. The van der Waals surface area contributed by atoms with Crippen molar-refractivity contribution in [3.8, 4) is 0 Å². The highest BCUT2D eigenvalue weighted by atomic mass is 127. The van der Waals surface area contributed by atoms with Crippen molar-refractivity contribution in [1.82, 2.24) is 8.96 Å². The minimum atomic E-state index is -3.69. The van der Waals surface area contributed by atoms with Crippen LogP contribution < -0.4 is 0 Å². The first-order chi connectivity index (χ1) is 9.93. The molecule has 3 aromatic rings. The number of fused-ring (bicyclic) bond motifs is 1. The Morgan fingerprint density at radius 1 is 1.24 bits per heavy atom. The lowest BCUT2D eigenvalue weighted by molar-refractivity contribution is 0.588. The molecule has 0 N–H and O–H groups in total. The Morgan fingerprint density at radius 2 is 1.90 bits per heavy atom. The molecule has 4 nitrogen and oxygen atoms in total. The number of hydrogen-bond acceptors (Lipinski definition) is 3. The first-order valence-electron chi connectivity index (χ1n) is 6.05. The number of aryl methyl sites for hydroxylation is 1. The van der Waals surface area contributed by atoms with Gasteiger partial charge in [-0.05, 0) is 53.3 Å². The summed E-state index contributed by atoms with van der Waals surface area (Å²) >= 11 is 8.23. The summed E-state index contributed by atoms with van der Waals surface area (Å²) in [5, 5.41) is 1.17. The number of nitrogens with zero attached hydrogens (tertiary/aromatic N) is 2. The Bertz CT molecular complexity index is 937. The number of halogens is 2. The largest absolute Gasteiger partial charge is 0.270 e. The Balaban J connectivity index is 2.36. The zero-order valence-electron chi connectivity index (χ0n) is 10.9. The molecule has 0 saturated carbocycles. The normalized spacial score (nSPS) is 12.0. The minimum Gasteiger partial charge on any atom is -0.237 e. The van der Waals surface area contributed by atoms with Gasteiger partial charge >= 0.3 is 0 Å². The second kappa shape index (κ2) is 5.26. The van der Waals surface area contributed by atoms with Crippen molar-refractivity contribution in [2.75, 3.05) is 0 Å². The van der Waals surface area contributed by atoms with Gasteiger partial charge in [0.1, 0.15) is 0 Å². The van der Waals surface area contributed by atoms with Gasteiger partial charge in [-0.1, -0.05) is 29.8 Å². The van der Waals surface area contributed by atoms with Gasteiger partial charge < -0.3 is 0 Å². The molecule has 0 aliphatic carbocycles. The topological polar surface area (TPSA) is 52.0 Å². The van der Waals surface area contributed by atoms with Crippen molar-refractivity contribution < 1.29 is 8.42 Å². The number of pyridine rings is 1. The van der Waals surface area contributed by atoms with E-state index in [1.807, 2.05) is 29.5 Å². The lowest BCUT2D eigenvalue weighted by Crippen LogP contribution is -2.14. The fourth-order valence-corrected chi connectivity index (χ4v) is 4.96. The molecule has 0 aliphatic heterocycles. The summed E-state index contributed by atoms with van der Waals surface area (Å²) in [7, 11) is -3.69. The Morgan fingerprint density at radius 3 is 2.57 bits per heavy atom. The second-order valence-electron chi connectivity index (χ2n) is 4.54. The highest BCUT2D eigenvalue weighted by Crippen LogP contribution is 2.31. The summed E-state index contributed by atoms with van der Waals surface area (Å²) in [5.41, 5.74) is 1.16. The molecule has 0 saturated heterocycles. The Labute approximate surface area is 140 Å². The summed E-state index contributed by atoms with van der Waals surface area (Å²) in [6.45, 7) is 1.84. The molecule has 0 bridgehead atoms. The van der Waals surface area contributed by atoms with E-state index in [-0.39, 0.29) is 4.90 Å². The highest BCUT2D eigenvalue weighted by molar-refractivity contribution is 14.1. The van der Waals surface area contributed by atoms with E-state index >= 15 is 0 Å². The van der Waals surface area contributed by atoms with E-state index in [0.29, 0.717) is 19.8 Å².